The summed E-state index contributed by atoms with van der Waals surface area (Å²) in [5, 5.41) is 3.27. The molecule has 0 aliphatic carbocycles. The predicted octanol–water partition coefficient (Wildman–Crippen LogP) is 2.86. The molecule has 0 atom stereocenters. The molecule has 0 bridgehead atoms. The van der Waals surface area contributed by atoms with Gasteiger partial charge < -0.3 is 15.0 Å². The summed E-state index contributed by atoms with van der Waals surface area (Å²) in [4.78, 5) is 11.4. The lowest BCUT2D eigenvalue weighted by molar-refractivity contribution is 0.197. The third-order valence-electron chi connectivity index (χ3n) is 2.96. The number of aromatic nitrogens is 2. The van der Waals surface area contributed by atoms with Crippen LogP contribution in [0.3, 0.4) is 0 Å². The van der Waals surface area contributed by atoms with Crippen LogP contribution in [0.25, 0.3) is 0 Å². The van der Waals surface area contributed by atoms with Crippen molar-refractivity contribution >= 4 is 11.8 Å². The Morgan fingerprint density at radius 1 is 1.20 bits per heavy atom. The van der Waals surface area contributed by atoms with E-state index in [1.54, 1.807) is 7.11 Å². The van der Waals surface area contributed by atoms with Gasteiger partial charge in [0.1, 0.15) is 5.82 Å². The van der Waals surface area contributed by atoms with Gasteiger partial charge >= 0.3 is 0 Å². The Balaban J connectivity index is 2.72. The van der Waals surface area contributed by atoms with Gasteiger partial charge in [0.25, 0.3) is 0 Å². The maximum atomic E-state index is 5.04. The van der Waals surface area contributed by atoms with Gasteiger partial charge in [-0.1, -0.05) is 13.8 Å². The Kier molecular flexibility index (Phi) is 7.95. The molecule has 1 aromatic rings. The van der Waals surface area contributed by atoms with Crippen LogP contribution in [0.1, 0.15) is 38.8 Å². The number of methoxy groups -OCH3 is 1. The van der Waals surface area contributed by atoms with Crippen molar-refractivity contribution in [3.05, 3.63) is 11.8 Å². The lowest BCUT2D eigenvalue weighted by Crippen LogP contribution is -2.26. The van der Waals surface area contributed by atoms with E-state index in [1.165, 1.54) is 0 Å². The molecule has 1 rings (SSSR count). The highest BCUT2D eigenvalue weighted by Gasteiger charge is 2.09. The van der Waals surface area contributed by atoms with Gasteiger partial charge in [-0.15, -0.1) is 0 Å². The van der Waals surface area contributed by atoms with E-state index < -0.39 is 0 Å². The summed E-state index contributed by atoms with van der Waals surface area (Å²) in [7, 11) is 1.72. The van der Waals surface area contributed by atoms with Crippen molar-refractivity contribution in [1.82, 2.24) is 9.97 Å². The molecule has 1 N–H and O–H groups in total. The SMILES string of the molecule is CCCN(CCC)c1cc(C)nc(NCCCOC)n1. The van der Waals surface area contributed by atoms with Crippen molar-refractivity contribution in [1.29, 1.82) is 0 Å². The third kappa shape index (κ3) is 5.74. The number of anilines is 2. The van der Waals surface area contributed by atoms with Crippen LogP contribution >= 0.6 is 0 Å². The second-order valence-corrected chi connectivity index (χ2v) is 4.95. The summed E-state index contributed by atoms with van der Waals surface area (Å²) < 4.78 is 5.04. The van der Waals surface area contributed by atoms with Gasteiger partial charge in [-0.05, 0) is 26.2 Å². The zero-order chi connectivity index (χ0) is 14.8. The number of hydrogen-bond acceptors (Lipinski definition) is 5. The first-order chi connectivity index (χ1) is 9.71. The average molecular weight is 280 g/mol. The van der Waals surface area contributed by atoms with Crippen LogP contribution in [0.15, 0.2) is 6.07 Å². The fourth-order valence-electron chi connectivity index (χ4n) is 2.09. The molecule has 1 heterocycles. The van der Waals surface area contributed by atoms with Gasteiger partial charge in [0, 0.05) is 45.1 Å². The van der Waals surface area contributed by atoms with Crippen LogP contribution in [-0.2, 0) is 4.74 Å². The third-order valence-corrected chi connectivity index (χ3v) is 2.96. The van der Waals surface area contributed by atoms with E-state index in [4.69, 9.17) is 4.74 Å². The van der Waals surface area contributed by atoms with Crippen LogP contribution < -0.4 is 10.2 Å². The fourth-order valence-corrected chi connectivity index (χ4v) is 2.09. The summed E-state index contributed by atoms with van der Waals surface area (Å²) >= 11 is 0. The molecular formula is C15H28N4O. The minimum absolute atomic E-state index is 0.716. The maximum Gasteiger partial charge on any atom is 0.224 e. The van der Waals surface area contributed by atoms with Crippen molar-refractivity contribution in [3.8, 4) is 0 Å². The Labute approximate surface area is 122 Å². The van der Waals surface area contributed by atoms with E-state index >= 15 is 0 Å². The predicted molar refractivity (Wildman–Crippen MR) is 84.5 cm³/mol. The number of nitrogens with zero attached hydrogens (tertiary/aromatic N) is 3. The number of nitrogens with one attached hydrogen (secondary N) is 1. The normalized spacial score (nSPS) is 10.6. The molecule has 0 aliphatic rings. The van der Waals surface area contributed by atoms with E-state index in [9.17, 15) is 0 Å². The molecule has 0 saturated heterocycles. The number of ether oxygens (including phenoxy) is 1. The van der Waals surface area contributed by atoms with E-state index in [2.05, 4.69) is 40.1 Å². The van der Waals surface area contributed by atoms with E-state index in [0.717, 1.165) is 57.0 Å². The van der Waals surface area contributed by atoms with Crippen molar-refractivity contribution < 1.29 is 4.74 Å². The van der Waals surface area contributed by atoms with Crippen molar-refractivity contribution in [2.24, 2.45) is 0 Å². The minimum atomic E-state index is 0.716. The summed E-state index contributed by atoms with van der Waals surface area (Å²) in [5.41, 5.74) is 1.00. The van der Waals surface area contributed by atoms with Crippen molar-refractivity contribution in [3.63, 3.8) is 0 Å². The molecule has 5 heteroatoms. The zero-order valence-corrected chi connectivity index (χ0v) is 13.3. The minimum Gasteiger partial charge on any atom is -0.385 e. The van der Waals surface area contributed by atoms with Crippen molar-refractivity contribution in [2.75, 3.05) is 43.6 Å². The lowest BCUT2D eigenvalue weighted by Gasteiger charge is -2.23. The molecule has 20 heavy (non-hydrogen) atoms. The topological polar surface area (TPSA) is 50.3 Å². The van der Waals surface area contributed by atoms with Crippen LogP contribution in [0.2, 0.25) is 0 Å². The van der Waals surface area contributed by atoms with Gasteiger partial charge in [0.2, 0.25) is 5.95 Å². The number of aryl methyl sites for hydroxylation is 1. The van der Waals surface area contributed by atoms with Gasteiger partial charge in [-0.25, -0.2) is 4.98 Å². The van der Waals surface area contributed by atoms with Crippen LogP contribution in [0, 0.1) is 6.92 Å². The zero-order valence-electron chi connectivity index (χ0n) is 13.3. The van der Waals surface area contributed by atoms with E-state index in [1.807, 2.05) is 6.92 Å². The monoisotopic (exact) mass is 280 g/mol. The molecule has 0 fully saturated rings. The molecule has 0 saturated carbocycles. The van der Waals surface area contributed by atoms with Gasteiger partial charge in [-0.3, -0.25) is 0 Å². The summed E-state index contributed by atoms with van der Waals surface area (Å²) in [6, 6.07) is 2.06. The highest BCUT2D eigenvalue weighted by atomic mass is 16.5. The molecule has 1 aromatic heterocycles. The Morgan fingerprint density at radius 2 is 1.90 bits per heavy atom. The maximum absolute atomic E-state index is 5.04. The van der Waals surface area contributed by atoms with Gasteiger partial charge in [-0.2, -0.15) is 4.98 Å². The molecule has 0 amide bonds. The van der Waals surface area contributed by atoms with Crippen LogP contribution in [0.5, 0.6) is 0 Å². The quantitative estimate of drug-likeness (QED) is 0.668. The molecule has 0 unspecified atom stereocenters. The highest BCUT2D eigenvalue weighted by Crippen LogP contribution is 2.15. The average Bonchev–Trinajstić information content (AvgIpc) is 2.43. The smallest absolute Gasteiger partial charge is 0.224 e. The molecule has 114 valence electrons. The Bertz CT molecular complexity index is 378. The standard InChI is InChI=1S/C15H28N4O/c1-5-9-19(10-6-2)14-12-13(3)17-15(18-14)16-8-7-11-20-4/h12H,5-11H2,1-4H3,(H,16,17,18). The van der Waals surface area contributed by atoms with Gasteiger partial charge in [0.05, 0.1) is 0 Å². The van der Waals surface area contributed by atoms with E-state index in [-0.39, 0.29) is 0 Å². The summed E-state index contributed by atoms with van der Waals surface area (Å²) in [6.45, 7) is 10.1. The first kappa shape index (κ1) is 16.7. The van der Waals surface area contributed by atoms with Gasteiger partial charge in [0.15, 0.2) is 0 Å². The largest absolute Gasteiger partial charge is 0.385 e. The lowest BCUT2D eigenvalue weighted by atomic mass is 10.3. The fraction of sp³-hybridized carbons (Fsp3) is 0.733. The Hall–Kier alpha value is -1.36. The highest BCUT2D eigenvalue weighted by molar-refractivity contribution is 5.44. The molecule has 0 spiro atoms. The molecule has 0 radical (unpaired) electrons. The molecule has 0 aromatic carbocycles. The molecular weight excluding hydrogens is 252 g/mol. The number of hydrogen-bond donors (Lipinski definition) is 1. The first-order valence-corrected chi connectivity index (χ1v) is 7.54. The summed E-state index contributed by atoms with van der Waals surface area (Å²) in [6.07, 6.45) is 3.20. The first-order valence-electron chi connectivity index (χ1n) is 7.54. The number of rotatable bonds is 10. The summed E-state index contributed by atoms with van der Waals surface area (Å²) in [5.74, 6) is 1.74. The van der Waals surface area contributed by atoms with Crippen LogP contribution in [0.4, 0.5) is 11.8 Å². The second kappa shape index (κ2) is 9.53. The molecule has 0 aliphatic heterocycles. The van der Waals surface area contributed by atoms with Crippen molar-refractivity contribution in [2.45, 2.75) is 40.0 Å². The van der Waals surface area contributed by atoms with Crippen LogP contribution in [-0.4, -0.2) is 43.3 Å². The Morgan fingerprint density at radius 3 is 2.50 bits per heavy atom. The van der Waals surface area contributed by atoms with E-state index in [0.29, 0.717) is 5.95 Å². The molecule has 5 nitrogen and oxygen atoms in total. The second-order valence-electron chi connectivity index (χ2n) is 4.95.